The van der Waals surface area contributed by atoms with E-state index in [0.29, 0.717) is 0 Å². The standard InChI is InChI=1S/C25H40N2.2BrH/c1-22-14-18-26(20-24(22)3)16-12-10-8-6-5-7-9-11-13-17-27-19-15-23(2)25(4)21-27;;/h14-15,18-21H,5-13,16-17H2,1-4H3;2*1H/q+2;;/p-2. The average Bonchev–Trinajstić information content (AvgIpc) is 2.65. The fourth-order valence-corrected chi connectivity index (χ4v) is 3.57. The molecule has 0 radical (unpaired) electrons. The number of aryl methyl sites for hydroxylation is 6. The first-order chi connectivity index (χ1) is 13.1. The summed E-state index contributed by atoms with van der Waals surface area (Å²) < 4.78 is 4.69. The molecule has 2 aromatic rings. The lowest BCUT2D eigenvalue weighted by molar-refractivity contribution is -0.697. The van der Waals surface area contributed by atoms with Gasteiger partial charge in [-0.15, -0.1) is 0 Å². The molecular formula is C25H40Br2N2. The molecule has 0 aliphatic rings. The van der Waals surface area contributed by atoms with Gasteiger partial charge in [-0.2, -0.15) is 0 Å². The Balaban J connectivity index is 0.00000392. The number of unbranched alkanes of at least 4 members (excludes halogenated alkanes) is 8. The third-order valence-corrected chi connectivity index (χ3v) is 5.83. The van der Waals surface area contributed by atoms with E-state index in [9.17, 15) is 0 Å². The van der Waals surface area contributed by atoms with Gasteiger partial charge in [-0.1, -0.05) is 32.1 Å². The molecule has 29 heavy (non-hydrogen) atoms. The normalized spacial score (nSPS) is 10.3. The van der Waals surface area contributed by atoms with Gasteiger partial charge in [-0.25, -0.2) is 9.13 Å². The first-order valence-electron chi connectivity index (χ1n) is 11.0. The van der Waals surface area contributed by atoms with Crippen molar-refractivity contribution in [2.24, 2.45) is 0 Å². The molecule has 0 aliphatic carbocycles. The lowest BCUT2D eigenvalue weighted by atomic mass is 10.1. The zero-order valence-corrected chi connectivity index (χ0v) is 22.1. The van der Waals surface area contributed by atoms with Crippen LogP contribution < -0.4 is 43.1 Å². The first-order valence-corrected chi connectivity index (χ1v) is 11.0. The van der Waals surface area contributed by atoms with Crippen molar-refractivity contribution >= 4 is 0 Å². The summed E-state index contributed by atoms with van der Waals surface area (Å²) in [5.41, 5.74) is 5.57. The smallest absolute Gasteiger partial charge is 0.171 e. The minimum Gasteiger partial charge on any atom is -1.00 e. The van der Waals surface area contributed by atoms with E-state index in [0.717, 1.165) is 13.1 Å². The highest BCUT2D eigenvalue weighted by Gasteiger charge is 2.04. The van der Waals surface area contributed by atoms with Gasteiger partial charge in [0, 0.05) is 36.1 Å². The second kappa shape index (κ2) is 16.0. The van der Waals surface area contributed by atoms with Crippen molar-refractivity contribution in [3.63, 3.8) is 0 Å². The number of pyridine rings is 2. The molecule has 2 rings (SSSR count). The second-order valence-electron chi connectivity index (χ2n) is 8.28. The molecule has 0 spiro atoms. The first kappa shape index (κ1) is 28.3. The molecule has 164 valence electrons. The summed E-state index contributed by atoms with van der Waals surface area (Å²) >= 11 is 0. The molecule has 0 amide bonds. The van der Waals surface area contributed by atoms with E-state index in [2.05, 4.69) is 73.7 Å². The Hall–Kier alpha value is -0.740. The van der Waals surface area contributed by atoms with Gasteiger partial charge < -0.3 is 34.0 Å². The third-order valence-electron chi connectivity index (χ3n) is 5.83. The van der Waals surface area contributed by atoms with Crippen LogP contribution >= 0.6 is 0 Å². The van der Waals surface area contributed by atoms with Crippen LogP contribution in [0.25, 0.3) is 0 Å². The zero-order chi connectivity index (χ0) is 19.5. The lowest BCUT2D eigenvalue weighted by Crippen LogP contribution is -3.00. The topological polar surface area (TPSA) is 7.76 Å². The summed E-state index contributed by atoms with van der Waals surface area (Å²) in [6, 6.07) is 4.46. The van der Waals surface area contributed by atoms with Crippen LogP contribution in [0.2, 0.25) is 0 Å². The van der Waals surface area contributed by atoms with Crippen molar-refractivity contribution < 1.29 is 43.1 Å². The van der Waals surface area contributed by atoms with Gasteiger partial charge in [-0.3, -0.25) is 0 Å². The van der Waals surface area contributed by atoms with Crippen molar-refractivity contribution in [1.29, 1.82) is 0 Å². The van der Waals surface area contributed by atoms with Gasteiger partial charge in [-0.05, 0) is 51.7 Å². The van der Waals surface area contributed by atoms with Gasteiger partial charge in [0.15, 0.2) is 24.8 Å². The maximum Gasteiger partial charge on any atom is 0.171 e. The number of rotatable bonds is 12. The van der Waals surface area contributed by atoms with E-state index in [-0.39, 0.29) is 34.0 Å². The fourth-order valence-electron chi connectivity index (χ4n) is 3.57. The van der Waals surface area contributed by atoms with E-state index in [1.165, 1.54) is 80.0 Å². The van der Waals surface area contributed by atoms with Gasteiger partial charge >= 0.3 is 0 Å². The average molecular weight is 528 g/mol. The van der Waals surface area contributed by atoms with E-state index in [1.54, 1.807) is 0 Å². The van der Waals surface area contributed by atoms with Gasteiger partial charge in [0.05, 0.1) is 0 Å². The minimum absolute atomic E-state index is 0. The van der Waals surface area contributed by atoms with Crippen molar-refractivity contribution in [2.45, 2.75) is 98.6 Å². The van der Waals surface area contributed by atoms with Crippen molar-refractivity contribution in [2.75, 3.05) is 0 Å². The molecule has 2 heterocycles. The maximum absolute atomic E-state index is 2.34. The number of nitrogens with zero attached hydrogens (tertiary/aromatic N) is 2. The highest BCUT2D eigenvalue weighted by Crippen LogP contribution is 2.10. The SMILES string of the molecule is Cc1cc[n+](CCCCCCCCCCC[n+]2ccc(C)c(C)c2)cc1C.[Br-].[Br-]. The Bertz CT molecular complexity index is 642. The number of halogens is 2. The molecular weight excluding hydrogens is 488 g/mol. The summed E-state index contributed by atoms with van der Waals surface area (Å²) in [5, 5.41) is 0. The van der Waals surface area contributed by atoms with Gasteiger partial charge in [0.1, 0.15) is 13.1 Å². The predicted octanol–water partition coefficient (Wildman–Crippen LogP) is -0.286. The fraction of sp³-hybridized carbons (Fsp3) is 0.600. The Morgan fingerprint density at radius 3 is 1.10 bits per heavy atom. The molecule has 0 fully saturated rings. The van der Waals surface area contributed by atoms with E-state index in [1.807, 2.05) is 0 Å². The van der Waals surface area contributed by atoms with Gasteiger partial charge in [0.25, 0.3) is 0 Å². The number of hydrogen-bond donors (Lipinski definition) is 0. The predicted molar refractivity (Wildman–Crippen MR) is 114 cm³/mol. The highest BCUT2D eigenvalue weighted by atomic mass is 79.9. The third kappa shape index (κ3) is 11.3. The Kier molecular flexibility index (Phi) is 15.6. The Morgan fingerprint density at radius 1 is 0.483 bits per heavy atom. The molecule has 4 heteroatoms. The molecule has 2 aromatic heterocycles. The molecule has 0 unspecified atom stereocenters. The van der Waals surface area contributed by atoms with Crippen molar-refractivity contribution in [3.8, 4) is 0 Å². The van der Waals surface area contributed by atoms with Crippen LogP contribution in [0.4, 0.5) is 0 Å². The molecule has 2 nitrogen and oxygen atoms in total. The van der Waals surface area contributed by atoms with Crippen LogP contribution in [0.3, 0.4) is 0 Å². The van der Waals surface area contributed by atoms with Crippen LogP contribution in [0.1, 0.15) is 80.0 Å². The van der Waals surface area contributed by atoms with Gasteiger partial charge in [0.2, 0.25) is 0 Å². The molecule has 0 N–H and O–H groups in total. The quantitative estimate of drug-likeness (QED) is 0.265. The van der Waals surface area contributed by atoms with E-state index in [4.69, 9.17) is 0 Å². The second-order valence-corrected chi connectivity index (χ2v) is 8.28. The molecule has 0 saturated carbocycles. The highest BCUT2D eigenvalue weighted by molar-refractivity contribution is 5.17. The molecule has 0 atom stereocenters. The monoisotopic (exact) mass is 526 g/mol. The summed E-state index contributed by atoms with van der Waals surface area (Å²) in [6.07, 6.45) is 21.4. The molecule has 0 saturated heterocycles. The van der Waals surface area contributed by atoms with Crippen LogP contribution in [0.5, 0.6) is 0 Å². The van der Waals surface area contributed by atoms with Crippen molar-refractivity contribution in [1.82, 2.24) is 0 Å². The van der Waals surface area contributed by atoms with Crippen LogP contribution in [0.15, 0.2) is 36.9 Å². The van der Waals surface area contributed by atoms with Crippen molar-refractivity contribution in [3.05, 3.63) is 59.2 Å². The molecule has 0 bridgehead atoms. The van der Waals surface area contributed by atoms with E-state index < -0.39 is 0 Å². The largest absolute Gasteiger partial charge is 1.00 e. The maximum atomic E-state index is 2.34. The van der Waals surface area contributed by atoms with E-state index >= 15 is 0 Å². The number of hydrogen-bond acceptors (Lipinski definition) is 0. The lowest BCUT2D eigenvalue weighted by Gasteiger charge is -2.03. The Morgan fingerprint density at radius 2 is 0.793 bits per heavy atom. The van der Waals surface area contributed by atoms with Crippen LogP contribution in [-0.4, -0.2) is 0 Å². The molecule has 0 aliphatic heterocycles. The van der Waals surface area contributed by atoms with Crippen LogP contribution in [-0.2, 0) is 13.1 Å². The van der Waals surface area contributed by atoms with Crippen LogP contribution in [0, 0.1) is 27.7 Å². The summed E-state index contributed by atoms with van der Waals surface area (Å²) in [6.45, 7) is 11.1. The Labute approximate surface area is 200 Å². The summed E-state index contributed by atoms with van der Waals surface area (Å²) in [7, 11) is 0. The zero-order valence-electron chi connectivity index (χ0n) is 18.9. The number of aromatic nitrogens is 2. The summed E-state index contributed by atoms with van der Waals surface area (Å²) in [5.74, 6) is 0. The minimum atomic E-state index is 0. The molecule has 0 aromatic carbocycles. The summed E-state index contributed by atoms with van der Waals surface area (Å²) in [4.78, 5) is 0.